The molecular formula is C8H8BrFOS. The fourth-order valence-corrected chi connectivity index (χ4v) is 2.08. The number of hydrogen-bond acceptors (Lipinski definition) is 2. The lowest BCUT2D eigenvalue weighted by Gasteiger charge is -2.07. The summed E-state index contributed by atoms with van der Waals surface area (Å²) >= 11 is 4.66. The summed E-state index contributed by atoms with van der Waals surface area (Å²) in [4.78, 5) is 0.796. The Kier molecular flexibility index (Phi) is 3.40. The van der Waals surface area contributed by atoms with Crippen molar-refractivity contribution in [2.24, 2.45) is 0 Å². The number of halogens is 2. The quantitative estimate of drug-likeness (QED) is 0.745. The van der Waals surface area contributed by atoms with Crippen LogP contribution in [0.4, 0.5) is 4.39 Å². The number of thioether (sulfide) groups is 1. The molecule has 0 bridgehead atoms. The summed E-state index contributed by atoms with van der Waals surface area (Å²) in [5.74, 6) is -0.0260. The van der Waals surface area contributed by atoms with Crippen LogP contribution in [0.25, 0.3) is 0 Å². The van der Waals surface area contributed by atoms with E-state index in [-0.39, 0.29) is 5.82 Å². The maximum Gasteiger partial charge on any atom is 0.168 e. The van der Waals surface area contributed by atoms with Crippen LogP contribution in [0.2, 0.25) is 0 Å². The molecule has 0 heterocycles. The molecule has 0 saturated heterocycles. The molecule has 1 aromatic rings. The zero-order valence-electron chi connectivity index (χ0n) is 6.73. The first-order valence-electron chi connectivity index (χ1n) is 3.26. The van der Waals surface area contributed by atoms with Gasteiger partial charge in [0.15, 0.2) is 11.6 Å². The monoisotopic (exact) mass is 250 g/mol. The average Bonchev–Trinajstić information content (AvgIpc) is 2.03. The van der Waals surface area contributed by atoms with Crippen molar-refractivity contribution >= 4 is 27.7 Å². The van der Waals surface area contributed by atoms with Crippen LogP contribution < -0.4 is 4.74 Å². The molecule has 4 heteroatoms. The van der Waals surface area contributed by atoms with E-state index in [9.17, 15) is 4.39 Å². The van der Waals surface area contributed by atoms with Gasteiger partial charge in [-0.1, -0.05) is 15.9 Å². The predicted molar refractivity (Wildman–Crippen MR) is 52.4 cm³/mol. The molecule has 0 N–H and O–H groups in total. The van der Waals surface area contributed by atoms with Crippen molar-refractivity contribution in [3.8, 4) is 5.75 Å². The number of methoxy groups -OCH3 is 1. The second-order valence-electron chi connectivity index (χ2n) is 2.12. The molecule has 0 aliphatic rings. The van der Waals surface area contributed by atoms with Crippen molar-refractivity contribution in [2.45, 2.75) is 4.90 Å². The first-order valence-corrected chi connectivity index (χ1v) is 5.28. The summed E-state index contributed by atoms with van der Waals surface area (Å²) in [5, 5.41) is 0. The third-order valence-electron chi connectivity index (χ3n) is 1.40. The van der Waals surface area contributed by atoms with E-state index in [1.807, 2.05) is 12.3 Å². The van der Waals surface area contributed by atoms with Crippen molar-refractivity contribution in [1.82, 2.24) is 0 Å². The van der Waals surface area contributed by atoms with E-state index in [4.69, 9.17) is 4.74 Å². The normalized spacial score (nSPS) is 10.0. The molecule has 0 amide bonds. The highest BCUT2D eigenvalue weighted by Gasteiger charge is 2.09. The number of rotatable bonds is 2. The largest absolute Gasteiger partial charge is 0.492 e. The molecule has 0 unspecified atom stereocenters. The minimum atomic E-state index is -0.337. The molecule has 0 radical (unpaired) electrons. The van der Waals surface area contributed by atoms with Crippen LogP contribution in [-0.2, 0) is 0 Å². The van der Waals surface area contributed by atoms with Gasteiger partial charge >= 0.3 is 0 Å². The minimum absolute atomic E-state index is 0.311. The first kappa shape index (κ1) is 9.86. The maximum atomic E-state index is 13.1. The summed E-state index contributed by atoms with van der Waals surface area (Å²) in [7, 11) is 1.46. The molecule has 0 atom stereocenters. The van der Waals surface area contributed by atoms with Gasteiger partial charge in [-0.05, 0) is 18.4 Å². The minimum Gasteiger partial charge on any atom is -0.492 e. The first-order chi connectivity index (χ1) is 5.69. The molecular weight excluding hydrogens is 243 g/mol. The zero-order valence-corrected chi connectivity index (χ0v) is 9.13. The van der Waals surface area contributed by atoms with Gasteiger partial charge in [0.05, 0.1) is 12.0 Å². The third-order valence-corrected chi connectivity index (χ3v) is 2.60. The second-order valence-corrected chi connectivity index (χ2v) is 3.89. The van der Waals surface area contributed by atoms with Crippen LogP contribution in [0.1, 0.15) is 0 Å². The second kappa shape index (κ2) is 4.14. The SMILES string of the molecule is COc1c(F)cc(Br)cc1SC. The Balaban J connectivity index is 3.24. The molecule has 1 nitrogen and oxygen atoms in total. The van der Waals surface area contributed by atoms with Gasteiger partial charge in [0.1, 0.15) is 0 Å². The molecule has 0 aliphatic carbocycles. The summed E-state index contributed by atoms with van der Waals surface area (Å²) in [6.45, 7) is 0. The van der Waals surface area contributed by atoms with E-state index in [1.165, 1.54) is 24.9 Å². The van der Waals surface area contributed by atoms with Gasteiger partial charge in [0.2, 0.25) is 0 Å². The van der Waals surface area contributed by atoms with Crippen LogP contribution in [0, 0.1) is 5.82 Å². The van der Waals surface area contributed by atoms with Crippen molar-refractivity contribution in [3.63, 3.8) is 0 Å². The highest BCUT2D eigenvalue weighted by atomic mass is 79.9. The van der Waals surface area contributed by atoms with Gasteiger partial charge in [-0.25, -0.2) is 4.39 Å². The topological polar surface area (TPSA) is 9.23 Å². The number of benzene rings is 1. The molecule has 0 spiro atoms. The summed E-state index contributed by atoms with van der Waals surface area (Å²) < 4.78 is 18.8. The highest BCUT2D eigenvalue weighted by molar-refractivity contribution is 9.10. The van der Waals surface area contributed by atoms with Gasteiger partial charge in [-0.2, -0.15) is 0 Å². The molecule has 12 heavy (non-hydrogen) atoms. The van der Waals surface area contributed by atoms with E-state index in [2.05, 4.69) is 15.9 Å². The smallest absolute Gasteiger partial charge is 0.168 e. The lowest BCUT2D eigenvalue weighted by molar-refractivity contribution is 0.376. The standard InChI is InChI=1S/C8H8BrFOS/c1-11-8-6(10)3-5(9)4-7(8)12-2/h3-4H,1-2H3. The van der Waals surface area contributed by atoms with Crippen LogP contribution in [0.3, 0.4) is 0 Å². The van der Waals surface area contributed by atoms with Crippen molar-refractivity contribution in [1.29, 1.82) is 0 Å². The number of ether oxygens (including phenoxy) is 1. The predicted octanol–water partition coefficient (Wildman–Crippen LogP) is 3.32. The Morgan fingerprint density at radius 2 is 2.17 bits per heavy atom. The summed E-state index contributed by atoms with van der Waals surface area (Å²) in [6, 6.07) is 3.21. The van der Waals surface area contributed by atoms with Crippen LogP contribution in [-0.4, -0.2) is 13.4 Å². The zero-order chi connectivity index (χ0) is 9.14. The Morgan fingerprint density at radius 1 is 1.50 bits per heavy atom. The van der Waals surface area contributed by atoms with Gasteiger partial charge in [0.25, 0.3) is 0 Å². The van der Waals surface area contributed by atoms with Crippen molar-refractivity contribution < 1.29 is 9.13 Å². The summed E-state index contributed by atoms with van der Waals surface area (Å²) in [5.41, 5.74) is 0. The Hall–Kier alpha value is -0.220. The Morgan fingerprint density at radius 3 is 2.67 bits per heavy atom. The van der Waals surface area contributed by atoms with E-state index >= 15 is 0 Å². The van der Waals surface area contributed by atoms with Crippen LogP contribution in [0.5, 0.6) is 5.75 Å². The van der Waals surface area contributed by atoms with Crippen molar-refractivity contribution in [3.05, 3.63) is 22.4 Å². The third kappa shape index (κ3) is 1.93. The fourth-order valence-electron chi connectivity index (χ4n) is 0.886. The van der Waals surface area contributed by atoms with Crippen molar-refractivity contribution in [2.75, 3.05) is 13.4 Å². The molecule has 0 saturated carbocycles. The van der Waals surface area contributed by atoms with E-state index < -0.39 is 0 Å². The van der Waals surface area contributed by atoms with Gasteiger partial charge < -0.3 is 4.74 Å². The molecule has 0 fully saturated rings. The van der Waals surface area contributed by atoms with E-state index in [0.29, 0.717) is 5.75 Å². The lowest BCUT2D eigenvalue weighted by Crippen LogP contribution is -1.90. The molecule has 0 aliphatic heterocycles. The fraction of sp³-hybridized carbons (Fsp3) is 0.250. The molecule has 0 aromatic heterocycles. The maximum absolute atomic E-state index is 13.1. The van der Waals surface area contributed by atoms with Gasteiger partial charge in [0, 0.05) is 4.47 Å². The average molecular weight is 251 g/mol. The molecule has 1 aromatic carbocycles. The highest BCUT2D eigenvalue weighted by Crippen LogP contribution is 2.33. The number of hydrogen-bond donors (Lipinski definition) is 0. The Bertz CT molecular complexity index is 291. The van der Waals surface area contributed by atoms with E-state index in [0.717, 1.165) is 9.37 Å². The van der Waals surface area contributed by atoms with Gasteiger partial charge in [-0.15, -0.1) is 11.8 Å². The summed E-state index contributed by atoms with van der Waals surface area (Å²) in [6.07, 6.45) is 1.88. The van der Waals surface area contributed by atoms with Gasteiger partial charge in [-0.3, -0.25) is 0 Å². The molecule has 66 valence electrons. The molecule has 1 rings (SSSR count). The van der Waals surface area contributed by atoms with Crippen LogP contribution in [0.15, 0.2) is 21.5 Å². The van der Waals surface area contributed by atoms with E-state index in [1.54, 1.807) is 0 Å². The van der Waals surface area contributed by atoms with Crippen LogP contribution >= 0.6 is 27.7 Å². The Labute approximate surface area is 83.4 Å². The lowest BCUT2D eigenvalue weighted by atomic mass is 10.3.